The first kappa shape index (κ1) is 18.7. The number of rotatable bonds is 8. The third kappa shape index (κ3) is 5.71. The molecule has 8 heteroatoms. The van der Waals surface area contributed by atoms with Crippen molar-refractivity contribution < 1.29 is 14.3 Å². The monoisotopic (exact) mass is 393 g/mol. The number of ether oxygens (including phenoxy) is 1. The second kappa shape index (κ2) is 8.51. The SMILES string of the molecule is Cc1cnc(NC(=O)CN(CC2CC2)C(=O)COc2ccc(Cl)cc2)s1. The van der Waals surface area contributed by atoms with Crippen LogP contribution in [0.2, 0.25) is 5.02 Å². The van der Waals surface area contributed by atoms with Crippen molar-refractivity contribution in [1.29, 1.82) is 0 Å². The van der Waals surface area contributed by atoms with Gasteiger partial charge in [-0.25, -0.2) is 4.98 Å². The average Bonchev–Trinajstić information content (AvgIpc) is 3.34. The van der Waals surface area contributed by atoms with Crippen LogP contribution >= 0.6 is 22.9 Å². The molecule has 138 valence electrons. The van der Waals surface area contributed by atoms with E-state index in [4.69, 9.17) is 16.3 Å². The molecular weight excluding hydrogens is 374 g/mol. The van der Waals surface area contributed by atoms with Crippen molar-refractivity contribution in [2.24, 2.45) is 5.92 Å². The summed E-state index contributed by atoms with van der Waals surface area (Å²) in [5.74, 6) is 0.582. The molecule has 0 unspecified atom stereocenters. The number of halogens is 1. The van der Waals surface area contributed by atoms with Crippen molar-refractivity contribution in [3.05, 3.63) is 40.4 Å². The Morgan fingerprint density at radius 2 is 2.08 bits per heavy atom. The molecule has 3 rings (SSSR count). The molecule has 1 aromatic heterocycles. The van der Waals surface area contributed by atoms with E-state index >= 15 is 0 Å². The van der Waals surface area contributed by atoms with Crippen LogP contribution in [0.15, 0.2) is 30.5 Å². The van der Waals surface area contributed by atoms with Gasteiger partial charge in [-0.2, -0.15) is 0 Å². The Balaban J connectivity index is 1.54. The molecule has 1 aliphatic rings. The Kier molecular flexibility index (Phi) is 6.11. The van der Waals surface area contributed by atoms with Crippen molar-refractivity contribution in [3.8, 4) is 5.75 Å². The molecule has 1 N–H and O–H groups in total. The number of thiazole rings is 1. The fourth-order valence-corrected chi connectivity index (χ4v) is 3.19. The van der Waals surface area contributed by atoms with E-state index in [0.717, 1.165) is 17.7 Å². The van der Waals surface area contributed by atoms with E-state index in [2.05, 4.69) is 10.3 Å². The summed E-state index contributed by atoms with van der Waals surface area (Å²) in [5, 5.41) is 3.89. The molecule has 6 nitrogen and oxygen atoms in total. The van der Waals surface area contributed by atoms with E-state index in [9.17, 15) is 9.59 Å². The van der Waals surface area contributed by atoms with Gasteiger partial charge in [0, 0.05) is 22.6 Å². The lowest BCUT2D eigenvalue weighted by Crippen LogP contribution is -2.41. The fraction of sp³-hybridized carbons (Fsp3) is 0.389. The minimum Gasteiger partial charge on any atom is -0.484 e. The highest BCUT2D eigenvalue weighted by molar-refractivity contribution is 7.15. The first-order valence-electron chi connectivity index (χ1n) is 8.38. The van der Waals surface area contributed by atoms with Crippen LogP contribution in [-0.2, 0) is 9.59 Å². The molecule has 2 amide bonds. The maximum Gasteiger partial charge on any atom is 0.260 e. The lowest BCUT2D eigenvalue weighted by atomic mass is 10.3. The van der Waals surface area contributed by atoms with Crippen LogP contribution in [0.5, 0.6) is 5.75 Å². The lowest BCUT2D eigenvalue weighted by molar-refractivity contribution is -0.136. The maximum atomic E-state index is 12.5. The molecule has 0 radical (unpaired) electrons. The predicted molar refractivity (Wildman–Crippen MR) is 102 cm³/mol. The number of nitrogens with zero attached hydrogens (tertiary/aromatic N) is 2. The number of hydrogen-bond donors (Lipinski definition) is 1. The van der Waals surface area contributed by atoms with Crippen molar-refractivity contribution in [2.45, 2.75) is 19.8 Å². The average molecular weight is 394 g/mol. The number of aromatic nitrogens is 1. The first-order chi connectivity index (χ1) is 12.5. The van der Waals surface area contributed by atoms with Gasteiger partial charge < -0.3 is 15.0 Å². The van der Waals surface area contributed by atoms with Crippen LogP contribution in [0.1, 0.15) is 17.7 Å². The molecule has 26 heavy (non-hydrogen) atoms. The van der Waals surface area contributed by atoms with Crippen LogP contribution in [0.4, 0.5) is 5.13 Å². The maximum absolute atomic E-state index is 12.5. The molecule has 0 atom stereocenters. The molecule has 1 heterocycles. The van der Waals surface area contributed by atoms with E-state index in [-0.39, 0.29) is 25.0 Å². The summed E-state index contributed by atoms with van der Waals surface area (Å²) in [4.78, 5) is 31.5. The van der Waals surface area contributed by atoms with Crippen molar-refractivity contribution in [2.75, 3.05) is 25.0 Å². The molecule has 1 fully saturated rings. The second-order valence-electron chi connectivity index (χ2n) is 6.28. The van der Waals surface area contributed by atoms with Gasteiger partial charge in [0.2, 0.25) is 5.91 Å². The highest BCUT2D eigenvalue weighted by Crippen LogP contribution is 2.29. The van der Waals surface area contributed by atoms with Gasteiger partial charge in [0.1, 0.15) is 12.3 Å². The van der Waals surface area contributed by atoms with Gasteiger partial charge in [0.15, 0.2) is 11.7 Å². The van der Waals surface area contributed by atoms with Gasteiger partial charge in [0.05, 0.1) is 0 Å². The molecule has 0 aliphatic heterocycles. The highest BCUT2D eigenvalue weighted by Gasteiger charge is 2.28. The van der Waals surface area contributed by atoms with Crippen LogP contribution < -0.4 is 10.1 Å². The summed E-state index contributed by atoms with van der Waals surface area (Å²) < 4.78 is 5.52. The molecule has 0 saturated heterocycles. The third-order valence-corrected chi connectivity index (χ3v) is 4.99. The summed E-state index contributed by atoms with van der Waals surface area (Å²) in [6, 6.07) is 6.82. The second-order valence-corrected chi connectivity index (χ2v) is 7.96. The molecule has 1 aliphatic carbocycles. The van der Waals surface area contributed by atoms with Gasteiger partial charge in [-0.1, -0.05) is 11.6 Å². The zero-order valence-electron chi connectivity index (χ0n) is 14.4. The third-order valence-electron chi connectivity index (χ3n) is 3.91. The predicted octanol–water partition coefficient (Wildman–Crippen LogP) is 3.36. The van der Waals surface area contributed by atoms with Crippen LogP contribution in [0.3, 0.4) is 0 Å². The van der Waals surface area contributed by atoms with Crippen molar-refractivity contribution in [3.63, 3.8) is 0 Å². The quantitative estimate of drug-likeness (QED) is 0.746. The van der Waals surface area contributed by atoms with Crippen LogP contribution in [0.25, 0.3) is 0 Å². The van der Waals surface area contributed by atoms with Gasteiger partial charge in [0.25, 0.3) is 5.91 Å². The highest BCUT2D eigenvalue weighted by atomic mass is 35.5. The number of hydrogen-bond acceptors (Lipinski definition) is 5. The summed E-state index contributed by atoms with van der Waals surface area (Å²) in [6.45, 7) is 2.38. The number of amides is 2. The summed E-state index contributed by atoms with van der Waals surface area (Å²) in [5.41, 5.74) is 0. The fourth-order valence-electron chi connectivity index (χ4n) is 2.38. The Bertz CT molecular complexity index is 774. The molecular formula is C18H20ClN3O3S. The zero-order valence-corrected chi connectivity index (χ0v) is 16.0. The van der Waals surface area contributed by atoms with Gasteiger partial charge >= 0.3 is 0 Å². The van der Waals surface area contributed by atoms with Gasteiger partial charge in [-0.3, -0.25) is 9.59 Å². The molecule has 1 aromatic carbocycles. The smallest absolute Gasteiger partial charge is 0.260 e. The largest absolute Gasteiger partial charge is 0.484 e. The number of anilines is 1. The van der Waals surface area contributed by atoms with Gasteiger partial charge in [-0.05, 0) is 49.9 Å². The van der Waals surface area contributed by atoms with Gasteiger partial charge in [-0.15, -0.1) is 11.3 Å². The van der Waals surface area contributed by atoms with E-state index in [1.54, 1.807) is 35.4 Å². The Morgan fingerprint density at radius 1 is 1.35 bits per heavy atom. The van der Waals surface area contributed by atoms with Crippen molar-refractivity contribution in [1.82, 2.24) is 9.88 Å². The lowest BCUT2D eigenvalue weighted by Gasteiger charge is -2.22. The van der Waals surface area contributed by atoms with E-state index in [1.807, 2.05) is 6.92 Å². The number of carbonyl (C=O) groups excluding carboxylic acids is 2. The summed E-state index contributed by atoms with van der Waals surface area (Å²) >= 11 is 7.24. The summed E-state index contributed by atoms with van der Waals surface area (Å²) in [7, 11) is 0. The Hall–Kier alpha value is -2.12. The number of benzene rings is 1. The standard InChI is InChI=1S/C18H20ClN3O3S/c1-12-8-20-18(26-12)21-16(23)10-22(9-13-2-3-13)17(24)11-25-15-6-4-14(19)5-7-15/h4-8,13H,2-3,9-11H2,1H3,(H,20,21,23). The number of aryl methyl sites for hydroxylation is 1. The van der Waals surface area contributed by atoms with E-state index in [0.29, 0.717) is 28.4 Å². The van der Waals surface area contributed by atoms with E-state index in [1.165, 1.54) is 11.3 Å². The number of nitrogens with one attached hydrogen (secondary N) is 1. The summed E-state index contributed by atoms with van der Waals surface area (Å²) in [6.07, 6.45) is 3.89. The molecule has 0 spiro atoms. The minimum atomic E-state index is -0.250. The first-order valence-corrected chi connectivity index (χ1v) is 9.57. The molecule has 1 saturated carbocycles. The van der Waals surface area contributed by atoms with E-state index < -0.39 is 0 Å². The van der Waals surface area contributed by atoms with Crippen LogP contribution in [0, 0.1) is 12.8 Å². The topological polar surface area (TPSA) is 71.5 Å². The zero-order chi connectivity index (χ0) is 18.5. The Labute approximate surface area is 161 Å². The minimum absolute atomic E-state index is 0.00204. The molecule has 0 bridgehead atoms. The van der Waals surface area contributed by atoms with Crippen molar-refractivity contribution >= 4 is 39.9 Å². The van der Waals surface area contributed by atoms with Crippen LogP contribution in [-0.4, -0.2) is 41.4 Å². The number of carbonyl (C=O) groups is 2. The normalized spacial score (nSPS) is 13.3. The Morgan fingerprint density at radius 3 is 2.69 bits per heavy atom. The molecule has 2 aromatic rings.